The van der Waals surface area contributed by atoms with E-state index >= 15 is 0 Å². The first kappa shape index (κ1) is 25.1. The molecule has 0 aliphatic carbocycles. The minimum Gasteiger partial charge on any atom is -0.322 e. The largest absolute Gasteiger partial charge is 0.322 e. The van der Waals surface area contributed by atoms with Gasteiger partial charge in [0.25, 0.3) is 11.8 Å². The molecule has 190 valence electrons. The number of hydrogen-bond acceptors (Lipinski definition) is 8. The van der Waals surface area contributed by atoms with Gasteiger partial charge in [0.05, 0.1) is 10.6 Å². The lowest BCUT2D eigenvalue weighted by molar-refractivity contribution is -0.135. The van der Waals surface area contributed by atoms with E-state index in [-0.39, 0.29) is 29.5 Å². The number of thiazole rings is 1. The first-order chi connectivity index (χ1) is 17.2. The minimum atomic E-state index is -3.98. The van der Waals surface area contributed by atoms with Crippen molar-refractivity contribution >= 4 is 55.5 Å². The topological polar surface area (TPSA) is 123 Å². The lowest BCUT2D eigenvalue weighted by Crippen LogP contribution is -2.61. The van der Waals surface area contributed by atoms with Gasteiger partial charge in [0.2, 0.25) is 10.0 Å². The van der Waals surface area contributed by atoms with Crippen LogP contribution in [0.5, 0.6) is 0 Å². The number of fused-ring (bicyclic) bond motifs is 2. The van der Waals surface area contributed by atoms with Crippen molar-refractivity contribution < 1.29 is 23.2 Å². The number of rotatable bonds is 4. The van der Waals surface area contributed by atoms with E-state index in [0.29, 0.717) is 17.0 Å². The van der Waals surface area contributed by atoms with Crippen LogP contribution in [0.25, 0.3) is 10.8 Å². The lowest BCUT2D eigenvalue weighted by Gasteiger charge is -2.39. The van der Waals surface area contributed by atoms with Crippen LogP contribution in [-0.2, 0) is 27.8 Å². The summed E-state index contributed by atoms with van der Waals surface area (Å²) in [7, 11) is -1.98. The third-order valence-corrected chi connectivity index (χ3v) is 9.70. The van der Waals surface area contributed by atoms with Crippen LogP contribution in [-0.4, -0.2) is 83.8 Å². The van der Waals surface area contributed by atoms with E-state index in [1.54, 1.807) is 35.8 Å². The Morgan fingerprint density at radius 2 is 1.89 bits per heavy atom. The molecule has 0 saturated carbocycles. The highest BCUT2D eigenvalue weighted by Crippen LogP contribution is 2.29. The number of hydroxylamine groups is 1. The van der Waals surface area contributed by atoms with E-state index < -0.39 is 27.9 Å². The molecule has 0 radical (unpaired) electrons. The molecule has 13 heteroatoms. The second kappa shape index (κ2) is 9.69. The Morgan fingerprint density at radius 3 is 2.67 bits per heavy atom. The molecule has 3 aromatic rings. The summed E-state index contributed by atoms with van der Waals surface area (Å²) >= 11 is 7.31. The second-order valence-electron chi connectivity index (χ2n) is 8.88. The average molecular weight is 550 g/mol. The van der Waals surface area contributed by atoms with Gasteiger partial charge in [-0.1, -0.05) is 23.7 Å². The number of carbonyl (C=O) groups excluding carboxylic acids is 2. The zero-order valence-corrected chi connectivity index (χ0v) is 21.7. The molecule has 3 heterocycles. The molecule has 1 fully saturated rings. The molecule has 10 nitrogen and oxygen atoms in total. The summed E-state index contributed by atoms with van der Waals surface area (Å²) in [4.78, 5) is 34.9. The summed E-state index contributed by atoms with van der Waals surface area (Å²) in [6.45, 7) is 1.22. The quantitative estimate of drug-likeness (QED) is 0.377. The molecule has 1 atom stereocenters. The third kappa shape index (κ3) is 4.60. The Morgan fingerprint density at radius 1 is 1.14 bits per heavy atom. The Balaban J connectivity index is 1.40. The van der Waals surface area contributed by atoms with E-state index in [9.17, 15) is 23.2 Å². The molecule has 1 unspecified atom stereocenters. The number of piperazine rings is 1. The van der Waals surface area contributed by atoms with Crippen LogP contribution in [0.1, 0.15) is 20.4 Å². The monoisotopic (exact) mass is 549 g/mol. The Bertz CT molecular complexity index is 1460. The standard InChI is InChI=1S/C23H24ClN5O5S2/c1-27-7-6-18-20(13-27)35-22(25-18)23(31)29-9-8-28(12-19(29)21(30)26-32)36(33,34)17-5-3-14-10-16(24)4-2-15(14)11-17/h2-5,10-11,19,32H,6-9,12-13H2,1H3,(H,26,30). The summed E-state index contributed by atoms with van der Waals surface area (Å²) in [5.41, 5.74) is 2.45. The van der Waals surface area contributed by atoms with Crippen molar-refractivity contribution in [3.8, 4) is 0 Å². The zero-order chi connectivity index (χ0) is 25.6. The first-order valence-corrected chi connectivity index (χ1v) is 13.9. The van der Waals surface area contributed by atoms with Gasteiger partial charge in [0.1, 0.15) is 6.04 Å². The van der Waals surface area contributed by atoms with Crippen molar-refractivity contribution in [3.05, 3.63) is 57.0 Å². The first-order valence-electron chi connectivity index (χ1n) is 11.3. The molecule has 2 aromatic carbocycles. The molecule has 2 aliphatic rings. The lowest BCUT2D eigenvalue weighted by atomic mass is 10.1. The molecular weight excluding hydrogens is 526 g/mol. The van der Waals surface area contributed by atoms with Crippen LogP contribution < -0.4 is 5.48 Å². The number of nitrogens with zero attached hydrogens (tertiary/aromatic N) is 4. The van der Waals surface area contributed by atoms with Gasteiger partial charge in [-0.25, -0.2) is 18.9 Å². The number of amides is 2. The number of nitrogens with one attached hydrogen (secondary N) is 1. The molecule has 1 saturated heterocycles. The Hall–Kier alpha value is -2.61. The number of aromatic nitrogens is 1. The molecule has 1 aromatic heterocycles. The van der Waals surface area contributed by atoms with Gasteiger partial charge >= 0.3 is 0 Å². The van der Waals surface area contributed by atoms with E-state index in [4.69, 9.17) is 11.6 Å². The number of halogens is 1. The summed E-state index contributed by atoms with van der Waals surface area (Å²) < 4.78 is 28.1. The number of likely N-dealkylation sites (N-methyl/N-ethyl adjacent to an activating group) is 1. The van der Waals surface area contributed by atoms with Crippen molar-refractivity contribution in [1.29, 1.82) is 0 Å². The summed E-state index contributed by atoms with van der Waals surface area (Å²) in [5.74, 6) is -1.32. The van der Waals surface area contributed by atoms with Gasteiger partial charge in [-0.15, -0.1) is 11.3 Å². The van der Waals surface area contributed by atoms with Crippen molar-refractivity contribution in [1.82, 2.24) is 24.6 Å². The van der Waals surface area contributed by atoms with Gasteiger partial charge in [-0.05, 0) is 42.1 Å². The number of sulfonamides is 1. The van der Waals surface area contributed by atoms with Gasteiger partial charge in [-0.3, -0.25) is 14.8 Å². The van der Waals surface area contributed by atoms with Gasteiger partial charge in [0, 0.05) is 49.0 Å². The van der Waals surface area contributed by atoms with Gasteiger partial charge < -0.3 is 9.80 Å². The Kier molecular flexibility index (Phi) is 6.74. The highest BCUT2D eigenvalue weighted by molar-refractivity contribution is 7.89. The fourth-order valence-corrected chi connectivity index (χ4v) is 7.36. The maximum atomic E-state index is 13.5. The van der Waals surface area contributed by atoms with E-state index in [1.165, 1.54) is 22.3 Å². The highest BCUT2D eigenvalue weighted by Gasteiger charge is 2.41. The molecule has 2 aliphatic heterocycles. The Labute approximate surface area is 217 Å². The highest BCUT2D eigenvalue weighted by atomic mass is 35.5. The van der Waals surface area contributed by atoms with Crippen molar-refractivity contribution in [2.45, 2.75) is 23.9 Å². The molecule has 2 amide bonds. The summed E-state index contributed by atoms with van der Waals surface area (Å²) in [5, 5.41) is 11.6. The number of benzene rings is 2. The SMILES string of the molecule is CN1CCc2nc(C(=O)N3CCN(S(=O)(=O)c4ccc5cc(Cl)ccc5c4)CC3C(=O)NO)sc2C1. The van der Waals surface area contributed by atoms with E-state index in [1.807, 2.05) is 7.05 Å². The van der Waals surface area contributed by atoms with Crippen LogP contribution in [0.15, 0.2) is 41.3 Å². The molecule has 36 heavy (non-hydrogen) atoms. The van der Waals surface area contributed by atoms with Crippen LogP contribution in [0.2, 0.25) is 5.02 Å². The molecule has 0 spiro atoms. The summed E-state index contributed by atoms with van der Waals surface area (Å²) in [6.07, 6.45) is 0.736. The molecular formula is C23H24ClN5O5S2. The summed E-state index contributed by atoms with van der Waals surface area (Å²) in [6, 6.07) is 8.66. The molecule has 2 N–H and O–H groups in total. The maximum absolute atomic E-state index is 13.5. The van der Waals surface area contributed by atoms with Crippen molar-refractivity contribution in [3.63, 3.8) is 0 Å². The van der Waals surface area contributed by atoms with Crippen LogP contribution in [0.3, 0.4) is 0 Å². The molecule has 0 bridgehead atoms. The van der Waals surface area contributed by atoms with Crippen LogP contribution >= 0.6 is 22.9 Å². The predicted molar refractivity (Wildman–Crippen MR) is 135 cm³/mol. The number of hydrogen-bond donors (Lipinski definition) is 2. The smallest absolute Gasteiger partial charge is 0.283 e. The average Bonchev–Trinajstić information content (AvgIpc) is 3.30. The van der Waals surface area contributed by atoms with E-state index in [2.05, 4.69) is 9.88 Å². The molecule has 5 rings (SSSR count). The van der Waals surface area contributed by atoms with Gasteiger partial charge in [-0.2, -0.15) is 4.31 Å². The minimum absolute atomic E-state index is 0.00420. The van der Waals surface area contributed by atoms with Crippen molar-refractivity contribution in [2.75, 3.05) is 33.2 Å². The fraction of sp³-hybridized carbons (Fsp3) is 0.348. The fourth-order valence-electron chi connectivity index (χ4n) is 4.56. The third-order valence-electron chi connectivity index (χ3n) is 6.53. The predicted octanol–water partition coefficient (Wildman–Crippen LogP) is 1.96. The van der Waals surface area contributed by atoms with E-state index in [0.717, 1.165) is 33.2 Å². The zero-order valence-electron chi connectivity index (χ0n) is 19.3. The van der Waals surface area contributed by atoms with Gasteiger partial charge in [0.15, 0.2) is 5.01 Å². The maximum Gasteiger partial charge on any atom is 0.283 e. The second-order valence-corrected chi connectivity index (χ2v) is 12.3. The van der Waals surface area contributed by atoms with Crippen LogP contribution in [0, 0.1) is 0 Å². The van der Waals surface area contributed by atoms with Crippen molar-refractivity contribution in [2.24, 2.45) is 0 Å². The normalized spacial score (nSPS) is 19.3. The van der Waals surface area contributed by atoms with Crippen LogP contribution in [0.4, 0.5) is 0 Å². The number of carbonyl (C=O) groups is 2.